The molecule has 1 aromatic carbocycles. The van der Waals surface area contributed by atoms with Crippen LogP contribution >= 0.6 is 0 Å². The molecule has 0 radical (unpaired) electrons. The topological polar surface area (TPSA) is 29.3 Å². The van der Waals surface area contributed by atoms with E-state index in [9.17, 15) is 8.78 Å². The van der Waals surface area contributed by atoms with Crippen LogP contribution in [-0.2, 0) is 6.42 Å². The molecule has 0 aliphatic heterocycles. The Morgan fingerprint density at radius 2 is 1.67 bits per heavy atom. The average Bonchev–Trinajstić information content (AvgIpc) is 2.36. The molecule has 120 valence electrons. The Morgan fingerprint density at radius 3 is 2.10 bits per heavy atom. The monoisotopic (exact) mass is 298 g/mol. The normalized spacial score (nSPS) is 14.3. The first kappa shape index (κ1) is 17.9. The lowest BCUT2D eigenvalue weighted by atomic mass is 10.0. The lowest BCUT2D eigenvalue weighted by Crippen LogP contribution is -2.31. The van der Waals surface area contributed by atoms with Crippen LogP contribution in [0.25, 0.3) is 0 Å². The molecule has 4 heteroatoms. The van der Waals surface area contributed by atoms with Crippen LogP contribution in [0.3, 0.4) is 0 Å². The average molecular weight is 298 g/mol. The van der Waals surface area contributed by atoms with Crippen molar-refractivity contribution in [3.05, 3.63) is 29.3 Å². The van der Waals surface area contributed by atoms with Crippen molar-refractivity contribution in [2.24, 2.45) is 11.7 Å². The van der Waals surface area contributed by atoms with Gasteiger partial charge in [0, 0.05) is 19.1 Å². The molecule has 1 aromatic rings. The highest BCUT2D eigenvalue weighted by Crippen LogP contribution is 2.27. The van der Waals surface area contributed by atoms with E-state index in [1.165, 1.54) is 12.1 Å². The van der Waals surface area contributed by atoms with E-state index < -0.39 is 11.6 Å². The van der Waals surface area contributed by atoms with Gasteiger partial charge in [0.1, 0.15) is 17.3 Å². The summed E-state index contributed by atoms with van der Waals surface area (Å²) in [6, 6.07) is 2.84. The summed E-state index contributed by atoms with van der Waals surface area (Å²) < 4.78 is 28.6. The smallest absolute Gasteiger partial charge is 0.149 e. The summed E-state index contributed by atoms with van der Waals surface area (Å²) in [6.07, 6.45) is 2.17. The highest BCUT2D eigenvalue weighted by molar-refractivity contribution is 5.51. The van der Waals surface area contributed by atoms with Crippen molar-refractivity contribution in [2.45, 2.75) is 59.0 Å². The maximum absolute atomic E-state index is 14.3. The fourth-order valence-electron chi connectivity index (χ4n) is 2.58. The van der Waals surface area contributed by atoms with Crippen molar-refractivity contribution in [1.29, 1.82) is 0 Å². The number of benzene rings is 1. The molecule has 0 saturated heterocycles. The van der Waals surface area contributed by atoms with Gasteiger partial charge in [0.25, 0.3) is 0 Å². The minimum absolute atomic E-state index is 0.0527. The maximum atomic E-state index is 14.3. The minimum atomic E-state index is -0.508. The number of hydrogen-bond donors (Lipinski definition) is 1. The van der Waals surface area contributed by atoms with Crippen LogP contribution < -0.4 is 10.6 Å². The van der Waals surface area contributed by atoms with E-state index in [0.717, 1.165) is 12.8 Å². The van der Waals surface area contributed by atoms with E-state index in [2.05, 4.69) is 13.8 Å². The Hall–Kier alpha value is -1.16. The predicted octanol–water partition coefficient (Wildman–Crippen LogP) is 4.12. The largest absolute Gasteiger partial charge is 0.367 e. The molecule has 0 aliphatic carbocycles. The molecule has 0 fully saturated rings. The molecule has 0 aliphatic rings. The Morgan fingerprint density at radius 1 is 1.14 bits per heavy atom. The van der Waals surface area contributed by atoms with Crippen LogP contribution in [-0.4, -0.2) is 19.1 Å². The lowest BCUT2D eigenvalue weighted by molar-refractivity contribution is 0.488. The molecule has 0 spiro atoms. The lowest BCUT2D eigenvalue weighted by Gasteiger charge is -2.29. The molecular weight excluding hydrogens is 270 g/mol. The van der Waals surface area contributed by atoms with Crippen LogP contribution in [0.4, 0.5) is 14.5 Å². The van der Waals surface area contributed by atoms with Crippen molar-refractivity contribution in [3.63, 3.8) is 0 Å². The maximum Gasteiger partial charge on any atom is 0.149 e. The van der Waals surface area contributed by atoms with Crippen LogP contribution in [0, 0.1) is 17.6 Å². The Kier molecular flexibility index (Phi) is 6.59. The first-order valence-corrected chi connectivity index (χ1v) is 7.72. The Balaban J connectivity index is 2.98. The van der Waals surface area contributed by atoms with E-state index in [0.29, 0.717) is 17.9 Å². The summed E-state index contributed by atoms with van der Waals surface area (Å²) in [7, 11) is 1.74. The SMILES string of the molecule is CCC(N)Cc1cc(F)c(N(C)C(C)CC(C)C)c(F)c1. The summed E-state index contributed by atoms with van der Waals surface area (Å²) in [5.41, 5.74) is 6.52. The van der Waals surface area contributed by atoms with Gasteiger partial charge in [-0.05, 0) is 49.8 Å². The predicted molar refractivity (Wildman–Crippen MR) is 85.6 cm³/mol. The van der Waals surface area contributed by atoms with Crippen LogP contribution in [0.5, 0.6) is 0 Å². The quantitative estimate of drug-likeness (QED) is 0.820. The fraction of sp³-hybridized carbons (Fsp3) is 0.647. The summed E-state index contributed by atoms with van der Waals surface area (Å²) in [4.78, 5) is 1.69. The molecular formula is C17H28F2N2. The molecule has 2 atom stereocenters. The second kappa shape index (κ2) is 7.74. The van der Waals surface area contributed by atoms with Crippen LogP contribution in [0.2, 0.25) is 0 Å². The molecule has 1 rings (SSSR count). The first-order chi connectivity index (χ1) is 9.76. The number of anilines is 1. The zero-order valence-corrected chi connectivity index (χ0v) is 13.8. The minimum Gasteiger partial charge on any atom is -0.367 e. The molecule has 2 N–H and O–H groups in total. The fourth-order valence-corrected chi connectivity index (χ4v) is 2.58. The van der Waals surface area contributed by atoms with Crippen molar-refractivity contribution < 1.29 is 8.78 Å². The highest BCUT2D eigenvalue weighted by atomic mass is 19.1. The summed E-state index contributed by atoms with van der Waals surface area (Å²) >= 11 is 0. The van der Waals surface area contributed by atoms with E-state index in [-0.39, 0.29) is 17.8 Å². The number of hydrogen-bond acceptors (Lipinski definition) is 2. The number of halogens is 2. The van der Waals surface area contributed by atoms with Gasteiger partial charge in [0.15, 0.2) is 0 Å². The Bertz CT molecular complexity index is 437. The van der Waals surface area contributed by atoms with Crippen molar-refractivity contribution in [3.8, 4) is 0 Å². The second-order valence-electron chi connectivity index (χ2n) is 6.37. The van der Waals surface area contributed by atoms with Gasteiger partial charge in [0.05, 0.1) is 0 Å². The molecule has 0 aromatic heterocycles. The Labute approximate surface area is 127 Å². The van der Waals surface area contributed by atoms with Gasteiger partial charge in [-0.25, -0.2) is 8.78 Å². The number of nitrogens with two attached hydrogens (primary N) is 1. The van der Waals surface area contributed by atoms with Gasteiger partial charge in [-0.15, -0.1) is 0 Å². The van der Waals surface area contributed by atoms with E-state index in [1.807, 2.05) is 13.8 Å². The molecule has 0 saturated carbocycles. The number of rotatable bonds is 7. The molecule has 2 unspecified atom stereocenters. The molecule has 0 amide bonds. The highest BCUT2D eigenvalue weighted by Gasteiger charge is 2.20. The summed E-state index contributed by atoms with van der Waals surface area (Å²) in [5, 5.41) is 0. The van der Waals surface area contributed by atoms with Crippen molar-refractivity contribution in [2.75, 3.05) is 11.9 Å². The van der Waals surface area contributed by atoms with Gasteiger partial charge in [0.2, 0.25) is 0 Å². The summed E-state index contributed by atoms with van der Waals surface area (Å²) in [6.45, 7) is 8.16. The van der Waals surface area contributed by atoms with Gasteiger partial charge in [-0.3, -0.25) is 0 Å². The van der Waals surface area contributed by atoms with Crippen LogP contribution in [0.1, 0.15) is 46.1 Å². The molecule has 21 heavy (non-hydrogen) atoms. The zero-order chi connectivity index (χ0) is 16.2. The van der Waals surface area contributed by atoms with Crippen molar-refractivity contribution in [1.82, 2.24) is 0 Å². The molecule has 0 bridgehead atoms. The van der Waals surface area contributed by atoms with Crippen molar-refractivity contribution >= 4 is 5.69 Å². The van der Waals surface area contributed by atoms with Gasteiger partial charge in [-0.2, -0.15) is 0 Å². The molecule has 0 heterocycles. The van der Waals surface area contributed by atoms with E-state index >= 15 is 0 Å². The third kappa shape index (κ3) is 4.95. The van der Waals surface area contributed by atoms with E-state index in [1.54, 1.807) is 11.9 Å². The first-order valence-electron chi connectivity index (χ1n) is 7.72. The van der Waals surface area contributed by atoms with Crippen LogP contribution in [0.15, 0.2) is 12.1 Å². The van der Waals surface area contributed by atoms with Gasteiger partial charge in [-0.1, -0.05) is 20.8 Å². The van der Waals surface area contributed by atoms with Gasteiger partial charge >= 0.3 is 0 Å². The van der Waals surface area contributed by atoms with E-state index in [4.69, 9.17) is 5.73 Å². The summed E-state index contributed by atoms with van der Waals surface area (Å²) in [5.74, 6) is -0.534. The zero-order valence-electron chi connectivity index (χ0n) is 13.8. The molecule has 2 nitrogen and oxygen atoms in total. The third-order valence-electron chi connectivity index (χ3n) is 3.93. The standard InChI is InChI=1S/C17H28F2N2/c1-6-14(20)8-13-9-15(18)17(16(19)10-13)21(5)12(4)7-11(2)3/h9-12,14H,6-8,20H2,1-5H3. The second-order valence-corrected chi connectivity index (χ2v) is 6.37. The van der Waals surface area contributed by atoms with Gasteiger partial charge < -0.3 is 10.6 Å². The number of nitrogens with zero attached hydrogens (tertiary/aromatic N) is 1. The third-order valence-corrected chi connectivity index (χ3v) is 3.93.